The number of sulfone groups is 1. The molecule has 0 saturated carbocycles. The molecule has 1 aromatic carbocycles. The molecule has 0 aliphatic rings. The van der Waals surface area contributed by atoms with Gasteiger partial charge in [-0.1, -0.05) is 11.3 Å². The second kappa shape index (κ2) is 3.71. The summed E-state index contributed by atoms with van der Waals surface area (Å²) in [6.07, 6.45) is 1.19. The summed E-state index contributed by atoms with van der Waals surface area (Å²) in [5.74, 6) is 0. The third-order valence-electron chi connectivity index (χ3n) is 1.92. The molecule has 0 aliphatic heterocycles. The fourth-order valence-electron chi connectivity index (χ4n) is 1.16. The minimum atomic E-state index is -3.12. The lowest BCUT2D eigenvalue weighted by Crippen LogP contribution is -2.30. The monoisotopic (exact) mass is 241 g/mol. The molecule has 0 fully saturated rings. The molecule has 1 heterocycles. The van der Waals surface area contributed by atoms with Gasteiger partial charge in [-0.2, -0.15) is 0 Å². The number of nitrogens with zero attached hydrogens (tertiary/aromatic N) is 2. The lowest BCUT2D eigenvalue weighted by molar-refractivity contribution is -0.653. The van der Waals surface area contributed by atoms with Crippen molar-refractivity contribution in [1.82, 2.24) is 5.10 Å². The van der Waals surface area contributed by atoms with Crippen LogP contribution in [0.3, 0.4) is 0 Å². The second-order valence-electron chi connectivity index (χ2n) is 3.07. The van der Waals surface area contributed by atoms with E-state index in [2.05, 4.69) is 5.10 Å². The molecule has 0 bridgehead atoms. The van der Waals surface area contributed by atoms with E-state index < -0.39 is 9.84 Å². The molecule has 0 radical (unpaired) electrons. The Bertz CT molecular complexity index is 544. The first kappa shape index (κ1) is 10.3. The van der Waals surface area contributed by atoms with Crippen LogP contribution < -0.4 is 4.68 Å². The molecule has 2 rings (SSSR count). The van der Waals surface area contributed by atoms with Gasteiger partial charge in [0.1, 0.15) is 0 Å². The van der Waals surface area contributed by atoms with Crippen molar-refractivity contribution in [3.63, 3.8) is 0 Å². The Balaban J connectivity index is 2.42. The topological polar surface area (TPSA) is 50.9 Å². The summed E-state index contributed by atoms with van der Waals surface area (Å²) >= 11 is 1.48. The van der Waals surface area contributed by atoms with Crippen molar-refractivity contribution in [2.45, 2.75) is 4.90 Å². The molecule has 0 atom stereocenters. The van der Waals surface area contributed by atoms with Crippen LogP contribution in [-0.4, -0.2) is 19.8 Å². The maximum atomic E-state index is 11.2. The van der Waals surface area contributed by atoms with E-state index in [0.717, 1.165) is 5.69 Å². The molecule has 6 heteroatoms. The van der Waals surface area contributed by atoms with Crippen LogP contribution in [0.2, 0.25) is 0 Å². The Morgan fingerprint density at radius 3 is 2.40 bits per heavy atom. The molecule has 4 nitrogen and oxygen atoms in total. The molecule has 0 amide bonds. The predicted octanol–water partition coefficient (Wildman–Crippen LogP) is 0.823. The highest BCUT2D eigenvalue weighted by Crippen LogP contribution is 2.09. The van der Waals surface area contributed by atoms with Gasteiger partial charge in [0.05, 0.1) is 4.90 Å². The zero-order valence-corrected chi connectivity index (χ0v) is 9.62. The molecule has 0 unspecified atom stereocenters. The van der Waals surface area contributed by atoms with Crippen LogP contribution in [0.15, 0.2) is 40.2 Å². The Morgan fingerprint density at radius 1 is 1.27 bits per heavy atom. The van der Waals surface area contributed by atoms with Crippen molar-refractivity contribution >= 4 is 21.2 Å². The minimum absolute atomic E-state index is 0.321. The van der Waals surface area contributed by atoms with E-state index in [-0.39, 0.29) is 0 Å². The summed E-state index contributed by atoms with van der Waals surface area (Å²) in [7, 11) is -3.12. The lowest BCUT2D eigenvalue weighted by Gasteiger charge is -1.95. The van der Waals surface area contributed by atoms with Gasteiger partial charge in [0.15, 0.2) is 15.3 Å². The fraction of sp³-hybridized carbons (Fsp3) is 0.111. The van der Waals surface area contributed by atoms with Crippen LogP contribution in [0, 0.1) is 0 Å². The van der Waals surface area contributed by atoms with Crippen molar-refractivity contribution in [2.75, 3.05) is 6.26 Å². The van der Waals surface area contributed by atoms with E-state index in [1.54, 1.807) is 34.5 Å². The normalized spacial score (nSPS) is 11.5. The predicted molar refractivity (Wildman–Crippen MR) is 56.8 cm³/mol. The highest BCUT2D eigenvalue weighted by Gasteiger charge is 2.11. The molecule has 2 aromatic rings. The highest BCUT2D eigenvalue weighted by atomic mass is 32.2. The second-order valence-corrected chi connectivity index (χ2v) is 5.78. The van der Waals surface area contributed by atoms with Crippen LogP contribution >= 0.6 is 11.3 Å². The van der Waals surface area contributed by atoms with Gasteiger partial charge in [-0.05, 0) is 16.8 Å². The molecule has 0 saturated heterocycles. The summed E-state index contributed by atoms with van der Waals surface area (Å²) in [4.78, 5) is 0.321. The molecule has 1 aromatic heterocycles. The van der Waals surface area contributed by atoms with Gasteiger partial charge < -0.3 is 0 Å². The summed E-state index contributed by atoms with van der Waals surface area (Å²) in [5.41, 5.74) is 4.41. The van der Waals surface area contributed by atoms with Gasteiger partial charge in [-0.25, -0.2) is 8.42 Å². The van der Waals surface area contributed by atoms with E-state index in [4.69, 9.17) is 0 Å². The highest BCUT2D eigenvalue weighted by molar-refractivity contribution is 7.90. The summed E-state index contributed by atoms with van der Waals surface area (Å²) in [6.45, 7) is 0. The van der Waals surface area contributed by atoms with E-state index in [1.165, 1.54) is 17.6 Å². The molecular formula is C9H9N2O2S2+. The number of rotatable bonds is 2. The van der Waals surface area contributed by atoms with Gasteiger partial charge in [0.2, 0.25) is 5.69 Å². The van der Waals surface area contributed by atoms with Crippen LogP contribution in [0.25, 0.3) is 5.69 Å². The van der Waals surface area contributed by atoms with Crippen LogP contribution in [-0.2, 0) is 9.84 Å². The standard InChI is InChI=1S/C9H9N2O2S2/c1-15(12,13)9-4-2-8(3-5-9)11-7-14-6-10-11/h2-7H,1H3/q+1. The van der Waals surface area contributed by atoms with Crippen molar-refractivity contribution in [1.29, 1.82) is 0 Å². The Labute approximate surface area is 91.7 Å². The number of hydrogen-bond acceptors (Lipinski definition) is 4. The zero-order chi connectivity index (χ0) is 10.9. The van der Waals surface area contributed by atoms with Crippen LogP contribution in [0.5, 0.6) is 0 Å². The largest absolute Gasteiger partial charge is 0.259 e. The summed E-state index contributed by atoms with van der Waals surface area (Å²) in [6, 6.07) is 6.63. The zero-order valence-electron chi connectivity index (χ0n) is 7.99. The first-order valence-electron chi connectivity index (χ1n) is 4.18. The SMILES string of the molecule is CS(=O)(=O)c1ccc(-[n+]2cscn2)cc1. The van der Waals surface area contributed by atoms with Crippen LogP contribution in [0.4, 0.5) is 0 Å². The fourth-order valence-corrected chi connectivity index (χ4v) is 2.30. The van der Waals surface area contributed by atoms with E-state index in [1.807, 2.05) is 5.51 Å². The van der Waals surface area contributed by atoms with Crippen molar-refractivity contribution < 1.29 is 13.1 Å². The van der Waals surface area contributed by atoms with Crippen molar-refractivity contribution in [3.05, 3.63) is 35.3 Å². The van der Waals surface area contributed by atoms with Gasteiger partial charge >= 0.3 is 0 Å². The molecular weight excluding hydrogens is 232 g/mol. The average Bonchev–Trinajstić information content (AvgIpc) is 2.69. The number of benzene rings is 1. The van der Waals surface area contributed by atoms with Gasteiger partial charge in [0.25, 0.3) is 5.51 Å². The quantitative estimate of drug-likeness (QED) is 0.732. The first-order chi connectivity index (χ1) is 7.07. The maximum Gasteiger partial charge on any atom is 0.259 e. The van der Waals surface area contributed by atoms with E-state index >= 15 is 0 Å². The van der Waals surface area contributed by atoms with Gasteiger partial charge in [0, 0.05) is 23.5 Å². The number of aromatic nitrogens is 2. The number of hydrogen-bond donors (Lipinski definition) is 0. The van der Waals surface area contributed by atoms with Crippen molar-refractivity contribution in [2.24, 2.45) is 0 Å². The third kappa shape index (κ3) is 2.21. The molecule has 0 spiro atoms. The van der Waals surface area contributed by atoms with Gasteiger partial charge in [-0.15, -0.1) is 0 Å². The molecule has 0 N–H and O–H groups in total. The summed E-state index contributed by atoms with van der Waals surface area (Å²) in [5, 5.41) is 4.06. The summed E-state index contributed by atoms with van der Waals surface area (Å²) < 4.78 is 24.1. The molecule has 0 aliphatic carbocycles. The van der Waals surface area contributed by atoms with E-state index in [9.17, 15) is 8.42 Å². The van der Waals surface area contributed by atoms with Crippen molar-refractivity contribution in [3.8, 4) is 5.69 Å². The molecule has 78 valence electrons. The third-order valence-corrected chi connectivity index (χ3v) is 3.59. The van der Waals surface area contributed by atoms with Crippen LogP contribution in [0.1, 0.15) is 0 Å². The lowest BCUT2D eigenvalue weighted by atomic mass is 10.3. The maximum absolute atomic E-state index is 11.2. The Kier molecular flexibility index (Phi) is 2.54. The van der Waals surface area contributed by atoms with E-state index in [0.29, 0.717) is 4.90 Å². The first-order valence-corrected chi connectivity index (χ1v) is 7.01. The smallest absolute Gasteiger partial charge is 0.224 e. The average molecular weight is 241 g/mol. The molecule has 15 heavy (non-hydrogen) atoms. The minimum Gasteiger partial charge on any atom is -0.224 e. The Hall–Kier alpha value is -1.27. The van der Waals surface area contributed by atoms with Gasteiger partial charge in [-0.3, -0.25) is 0 Å². The Morgan fingerprint density at radius 2 is 1.93 bits per heavy atom.